The van der Waals surface area contributed by atoms with Gasteiger partial charge in [-0.25, -0.2) is 0 Å². The van der Waals surface area contributed by atoms with Crippen molar-refractivity contribution >= 4 is 17.5 Å². The highest BCUT2D eigenvalue weighted by molar-refractivity contribution is 6.29. The van der Waals surface area contributed by atoms with Crippen LogP contribution >= 0.6 is 11.6 Å². The minimum Gasteiger partial charge on any atom is -0.476 e. The van der Waals surface area contributed by atoms with E-state index in [9.17, 15) is 4.79 Å². The van der Waals surface area contributed by atoms with Crippen LogP contribution in [0.2, 0.25) is 5.15 Å². The monoisotopic (exact) mass is 297 g/mol. The predicted molar refractivity (Wildman–Crippen MR) is 71.5 cm³/mol. The summed E-state index contributed by atoms with van der Waals surface area (Å²) < 4.78 is 10.8. The van der Waals surface area contributed by atoms with E-state index < -0.39 is 0 Å². The maximum atomic E-state index is 12.1. The first-order valence-corrected chi connectivity index (χ1v) is 7.07. The van der Waals surface area contributed by atoms with Gasteiger partial charge in [-0.15, -0.1) is 0 Å². The van der Waals surface area contributed by atoms with Gasteiger partial charge in [-0.2, -0.15) is 4.98 Å². The van der Waals surface area contributed by atoms with Gasteiger partial charge in [0.25, 0.3) is 0 Å². The van der Waals surface area contributed by atoms with E-state index in [1.54, 1.807) is 0 Å². The van der Waals surface area contributed by atoms with Crippen LogP contribution in [-0.4, -0.2) is 53.7 Å². The Balaban J connectivity index is 1.41. The highest BCUT2D eigenvalue weighted by atomic mass is 35.5. The second kappa shape index (κ2) is 5.93. The molecule has 1 unspecified atom stereocenters. The summed E-state index contributed by atoms with van der Waals surface area (Å²) in [4.78, 5) is 21.8. The largest absolute Gasteiger partial charge is 0.476 e. The maximum Gasteiger partial charge on any atom is 0.233 e. The van der Waals surface area contributed by atoms with Crippen molar-refractivity contribution in [3.63, 3.8) is 0 Å². The lowest BCUT2D eigenvalue weighted by Gasteiger charge is -2.40. The average molecular weight is 298 g/mol. The molecule has 7 heteroatoms. The molecule has 0 radical (unpaired) electrons. The zero-order chi connectivity index (χ0) is 13.9. The Morgan fingerprint density at radius 2 is 2.35 bits per heavy atom. The third kappa shape index (κ3) is 3.02. The fourth-order valence-electron chi connectivity index (χ4n) is 2.44. The van der Waals surface area contributed by atoms with Crippen molar-refractivity contribution in [3.8, 4) is 5.88 Å². The summed E-state index contributed by atoms with van der Waals surface area (Å²) in [7, 11) is 0. The number of halogens is 1. The molecule has 2 aliphatic rings. The molecule has 1 aromatic rings. The van der Waals surface area contributed by atoms with Gasteiger partial charge in [-0.1, -0.05) is 11.6 Å². The SMILES string of the molecule is O=C(C1CCOC1)N1CC(COc2cncc(Cl)n2)C1. The number of aromatic nitrogens is 2. The van der Waals surface area contributed by atoms with E-state index >= 15 is 0 Å². The number of amides is 1. The molecule has 2 aliphatic heterocycles. The predicted octanol–water partition coefficient (Wildman–Crippen LogP) is 1.00. The number of ether oxygens (including phenoxy) is 2. The highest BCUT2D eigenvalue weighted by Crippen LogP contribution is 2.23. The molecule has 0 aliphatic carbocycles. The number of carbonyl (C=O) groups excluding carboxylic acids is 1. The Hall–Kier alpha value is -1.40. The van der Waals surface area contributed by atoms with E-state index in [2.05, 4.69) is 9.97 Å². The fraction of sp³-hybridized carbons (Fsp3) is 0.615. The quantitative estimate of drug-likeness (QED) is 0.830. The lowest BCUT2D eigenvalue weighted by molar-refractivity contribution is -0.142. The highest BCUT2D eigenvalue weighted by Gasteiger charge is 2.36. The van der Waals surface area contributed by atoms with Crippen LogP contribution < -0.4 is 4.74 Å². The molecule has 6 nitrogen and oxygen atoms in total. The second-order valence-corrected chi connectivity index (χ2v) is 5.55. The number of rotatable bonds is 4. The van der Waals surface area contributed by atoms with Crippen LogP contribution in [0.3, 0.4) is 0 Å². The molecule has 3 rings (SSSR count). The summed E-state index contributed by atoms with van der Waals surface area (Å²) in [6.45, 7) is 3.27. The third-order valence-corrected chi connectivity index (χ3v) is 3.78. The van der Waals surface area contributed by atoms with Crippen molar-refractivity contribution in [1.29, 1.82) is 0 Å². The molecule has 0 saturated carbocycles. The van der Waals surface area contributed by atoms with E-state index in [1.165, 1.54) is 12.4 Å². The molecule has 0 spiro atoms. The topological polar surface area (TPSA) is 64.5 Å². The van der Waals surface area contributed by atoms with E-state index in [-0.39, 0.29) is 11.8 Å². The van der Waals surface area contributed by atoms with E-state index in [4.69, 9.17) is 21.1 Å². The van der Waals surface area contributed by atoms with Crippen LogP contribution in [-0.2, 0) is 9.53 Å². The molecule has 1 amide bonds. The summed E-state index contributed by atoms with van der Waals surface area (Å²) in [6.07, 6.45) is 3.83. The molecule has 1 aromatic heterocycles. The summed E-state index contributed by atoms with van der Waals surface area (Å²) in [6, 6.07) is 0. The van der Waals surface area contributed by atoms with Crippen molar-refractivity contribution in [3.05, 3.63) is 17.5 Å². The minimum atomic E-state index is 0.0515. The van der Waals surface area contributed by atoms with Crippen molar-refractivity contribution in [2.75, 3.05) is 32.9 Å². The van der Waals surface area contributed by atoms with Crippen LogP contribution in [0.1, 0.15) is 6.42 Å². The van der Waals surface area contributed by atoms with Crippen LogP contribution in [0.25, 0.3) is 0 Å². The van der Waals surface area contributed by atoms with E-state index in [0.717, 1.165) is 19.5 Å². The Kier molecular flexibility index (Phi) is 4.03. The van der Waals surface area contributed by atoms with Gasteiger partial charge in [0.1, 0.15) is 0 Å². The molecule has 2 fully saturated rings. The van der Waals surface area contributed by atoms with E-state index in [0.29, 0.717) is 36.8 Å². The maximum absolute atomic E-state index is 12.1. The van der Waals surface area contributed by atoms with Gasteiger partial charge < -0.3 is 14.4 Å². The number of carbonyl (C=O) groups is 1. The Labute approximate surface area is 122 Å². The molecule has 0 aromatic carbocycles. The second-order valence-electron chi connectivity index (χ2n) is 5.16. The van der Waals surface area contributed by atoms with Gasteiger partial charge in [-0.3, -0.25) is 9.78 Å². The summed E-state index contributed by atoms with van der Waals surface area (Å²) in [5, 5.41) is 0.314. The summed E-state index contributed by atoms with van der Waals surface area (Å²) in [5.41, 5.74) is 0. The molecule has 2 saturated heterocycles. The van der Waals surface area contributed by atoms with E-state index in [1.807, 2.05) is 4.90 Å². The smallest absolute Gasteiger partial charge is 0.233 e. The first-order valence-electron chi connectivity index (χ1n) is 6.69. The lowest BCUT2D eigenvalue weighted by atomic mass is 9.97. The Morgan fingerprint density at radius 1 is 1.50 bits per heavy atom. The zero-order valence-corrected chi connectivity index (χ0v) is 11.8. The van der Waals surface area contributed by atoms with Gasteiger partial charge in [0.15, 0.2) is 5.15 Å². The summed E-state index contributed by atoms with van der Waals surface area (Å²) in [5.74, 6) is 1.03. The first kappa shape index (κ1) is 13.6. The number of likely N-dealkylation sites (tertiary alicyclic amines) is 1. The van der Waals surface area contributed by atoms with Crippen LogP contribution in [0.15, 0.2) is 12.4 Å². The average Bonchev–Trinajstić information content (AvgIpc) is 2.90. The van der Waals surface area contributed by atoms with Crippen molar-refractivity contribution in [1.82, 2.24) is 14.9 Å². The Morgan fingerprint density at radius 3 is 3.05 bits per heavy atom. The fourth-order valence-corrected chi connectivity index (χ4v) is 2.58. The van der Waals surface area contributed by atoms with Crippen molar-refractivity contribution in [2.24, 2.45) is 11.8 Å². The normalized spacial score (nSPS) is 22.6. The molecule has 1 atom stereocenters. The molecule has 0 N–H and O–H groups in total. The molecule has 3 heterocycles. The molecule has 108 valence electrons. The van der Waals surface area contributed by atoms with Gasteiger partial charge in [0.2, 0.25) is 11.8 Å². The molecule has 20 heavy (non-hydrogen) atoms. The third-order valence-electron chi connectivity index (χ3n) is 3.60. The van der Waals surface area contributed by atoms with Gasteiger partial charge >= 0.3 is 0 Å². The Bertz CT molecular complexity index is 488. The first-order chi connectivity index (χ1) is 9.72. The number of hydrogen-bond donors (Lipinski definition) is 0. The van der Waals surface area contributed by atoms with Crippen LogP contribution in [0.5, 0.6) is 5.88 Å². The number of nitrogens with zero attached hydrogens (tertiary/aromatic N) is 3. The minimum absolute atomic E-state index is 0.0515. The molecular formula is C13H16ClN3O3. The standard InChI is InChI=1S/C13H16ClN3O3/c14-11-3-15-4-12(16-11)20-7-9-5-17(6-9)13(18)10-1-2-19-8-10/h3-4,9-10H,1-2,5-8H2. The number of hydrogen-bond acceptors (Lipinski definition) is 5. The van der Waals surface area contributed by atoms with Gasteiger partial charge in [-0.05, 0) is 6.42 Å². The van der Waals surface area contributed by atoms with Crippen LogP contribution in [0, 0.1) is 11.8 Å². The summed E-state index contributed by atoms with van der Waals surface area (Å²) >= 11 is 5.73. The van der Waals surface area contributed by atoms with Gasteiger partial charge in [0.05, 0.1) is 31.5 Å². The molecule has 0 bridgehead atoms. The van der Waals surface area contributed by atoms with Crippen molar-refractivity contribution in [2.45, 2.75) is 6.42 Å². The van der Waals surface area contributed by atoms with Crippen molar-refractivity contribution < 1.29 is 14.3 Å². The van der Waals surface area contributed by atoms with Crippen LogP contribution in [0.4, 0.5) is 0 Å². The zero-order valence-electron chi connectivity index (χ0n) is 11.0. The van der Waals surface area contributed by atoms with Gasteiger partial charge in [0, 0.05) is 25.6 Å². The lowest BCUT2D eigenvalue weighted by Crippen LogP contribution is -2.54. The molecular weight excluding hydrogens is 282 g/mol.